The van der Waals surface area contributed by atoms with Crippen molar-refractivity contribution in [3.63, 3.8) is 0 Å². The highest BCUT2D eigenvalue weighted by molar-refractivity contribution is 5.73. The van der Waals surface area contributed by atoms with Crippen LogP contribution in [0.4, 0.5) is 17.5 Å². The summed E-state index contributed by atoms with van der Waals surface area (Å²) in [6.07, 6.45) is 6.88. The molecule has 0 radical (unpaired) electrons. The number of nitrogens with zero attached hydrogens (tertiary/aromatic N) is 3. The lowest BCUT2D eigenvalue weighted by atomic mass is 9.93. The molecule has 2 aromatic heterocycles. The lowest BCUT2D eigenvalue weighted by Gasteiger charge is -2.27. The van der Waals surface area contributed by atoms with E-state index in [0.717, 1.165) is 48.4 Å². The molecule has 0 bridgehead atoms. The maximum absolute atomic E-state index is 9.76. The first-order valence-corrected chi connectivity index (χ1v) is 9.33. The van der Waals surface area contributed by atoms with Crippen molar-refractivity contribution in [2.45, 2.75) is 37.8 Å². The van der Waals surface area contributed by atoms with Crippen LogP contribution in [0.2, 0.25) is 0 Å². The van der Waals surface area contributed by atoms with Gasteiger partial charge in [-0.1, -0.05) is 24.3 Å². The van der Waals surface area contributed by atoms with E-state index in [1.807, 2.05) is 48.5 Å². The van der Waals surface area contributed by atoms with Gasteiger partial charge in [0, 0.05) is 24.1 Å². The Bertz CT molecular complexity index is 864. The number of anilines is 3. The zero-order valence-corrected chi connectivity index (χ0v) is 15.0. The molecule has 2 heterocycles. The molecular weight excluding hydrogens is 338 g/mol. The van der Waals surface area contributed by atoms with Crippen molar-refractivity contribution >= 4 is 17.5 Å². The maximum Gasteiger partial charge on any atom is 0.229 e. The van der Waals surface area contributed by atoms with Gasteiger partial charge >= 0.3 is 0 Å². The van der Waals surface area contributed by atoms with Crippen molar-refractivity contribution in [3.8, 4) is 11.3 Å². The monoisotopic (exact) mass is 361 g/mol. The number of aromatic nitrogens is 3. The smallest absolute Gasteiger partial charge is 0.229 e. The summed E-state index contributed by atoms with van der Waals surface area (Å²) >= 11 is 0. The average Bonchev–Trinajstić information content (AvgIpc) is 2.71. The van der Waals surface area contributed by atoms with E-state index in [4.69, 9.17) is 4.98 Å². The van der Waals surface area contributed by atoms with Crippen LogP contribution >= 0.6 is 0 Å². The summed E-state index contributed by atoms with van der Waals surface area (Å²) in [7, 11) is 0. The Balaban J connectivity index is 1.62. The number of benzene rings is 1. The number of pyridine rings is 1. The fraction of sp³-hybridized carbons (Fsp3) is 0.286. The Labute approximate surface area is 158 Å². The molecule has 0 saturated heterocycles. The molecule has 0 atom stereocenters. The largest absolute Gasteiger partial charge is 0.393 e. The molecule has 3 N–H and O–H groups in total. The van der Waals surface area contributed by atoms with Gasteiger partial charge in [-0.3, -0.25) is 4.98 Å². The van der Waals surface area contributed by atoms with E-state index in [1.165, 1.54) is 0 Å². The molecule has 1 fully saturated rings. The lowest BCUT2D eigenvalue weighted by Crippen LogP contribution is -2.29. The Morgan fingerprint density at radius 3 is 2.41 bits per heavy atom. The first kappa shape index (κ1) is 17.4. The van der Waals surface area contributed by atoms with Gasteiger partial charge < -0.3 is 15.7 Å². The fourth-order valence-corrected chi connectivity index (χ4v) is 3.33. The van der Waals surface area contributed by atoms with Crippen LogP contribution in [0.3, 0.4) is 0 Å². The Morgan fingerprint density at radius 1 is 0.889 bits per heavy atom. The third-order valence-electron chi connectivity index (χ3n) is 4.80. The van der Waals surface area contributed by atoms with Gasteiger partial charge in [-0.25, -0.2) is 4.98 Å². The first-order valence-electron chi connectivity index (χ1n) is 9.33. The Morgan fingerprint density at radius 2 is 1.67 bits per heavy atom. The highest BCUT2D eigenvalue weighted by atomic mass is 16.3. The third-order valence-corrected chi connectivity index (χ3v) is 4.80. The number of para-hydroxylation sites is 1. The first-order chi connectivity index (χ1) is 13.3. The second-order valence-corrected chi connectivity index (χ2v) is 6.81. The van der Waals surface area contributed by atoms with E-state index in [9.17, 15) is 5.11 Å². The quantitative estimate of drug-likeness (QED) is 0.637. The van der Waals surface area contributed by atoms with Gasteiger partial charge in [0.1, 0.15) is 5.82 Å². The molecule has 1 aliphatic carbocycles. The normalized spacial score (nSPS) is 19.4. The van der Waals surface area contributed by atoms with E-state index in [-0.39, 0.29) is 12.1 Å². The summed E-state index contributed by atoms with van der Waals surface area (Å²) in [5, 5.41) is 16.6. The fourth-order valence-electron chi connectivity index (χ4n) is 3.33. The summed E-state index contributed by atoms with van der Waals surface area (Å²) in [6, 6.07) is 16.0. The number of aliphatic hydroxyl groups excluding tert-OH is 1. The predicted molar refractivity (Wildman–Crippen MR) is 107 cm³/mol. The molecule has 0 spiro atoms. The highest BCUT2D eigenvalue weighted by Gasteiger charge is 2.21. The van der Waals surface area contributed by atoms with Crippen LogP contribution in [-0.2, 0) is 0 Å². The van der Waals surface area contributed by atoms with Crippen molar-refractivity contribution < 1.29 is 5.11 Å². The van der Waals surface area contributed by atoms with E-state index in [2.05, 4.69) is 20.6 Å². The van der Waals surface area contributed by atoms with E-state index in [0.29, 0.717) is 5.95 Å². The summed E-state index contributed by atoms with van der Waals surface area (Å²) in [5.74, 6) is 1.31. The molecule has 27 heavy (non-hydrogen) atoms. The van der Waals surface area contributed by atoms with Gasteiger partial charge in [-0.05, 0) is 49.9 Å². The molecular formula is C21H23N5O. The summed E-state index contributed by atoms with van der Waals surface area (Å²) < 4.78 is 0. The molecule has 4 rings (SSSR count). The van der Waals surface area contributed by atoms with Crippen LogP contribution in [0.1, 0.15) is 25.7 Å². The highest BCUT2D eigenvalue weighted by Crippen LogP contribution is 2.29. The van der Waals surface area contributed by atoms with E-state index in [1.54, 1.807) is 12.4 Å². The second-order valence-electron chi connectivity index (χ2n) is 6.81. The van der Waals surface area contributed by atoms with Crippen LogP contribution in [0, 0.1) is 0 Å². The van der Waals surface area contributed by atoms with Crippen molar-refractivity contribution in [3.05, 3.63) is 60.9 Å². The standard InChI is InChI=1S/C21H23N5O/c27-17-11-9-16(10-12-17)24-20-18(19-8-4-5-13-22-19)14-23-21(26-20)25-15-6-2-1-3-7-15/h1-8,13-14,16-17,27H,9-12H2,(H2,23,24,25,26). The average molecular weight is 361 g/mol. The van der Waals surface area contributed by atoms with Crippen LogP contribution in [0.5, 0.6) is 0 Å². The summed E-state index contributed by atoms with van der Waals surface area (Å²) in [6.45, 7) is 0. The molecule has 6 heteroatoms. The molecule has 1 saturated carbocycles. The van der Waals surface area contributed by atoms with Gasteiger partial charge in [0.15, 0.2) is 0 Å². The topological polar surface area (TPSA) is 83.0 Å². The van der Waals surface area contributed by atoms with Gasteiger partial charge in [-0.2, -0.15) is 4.98 Å². The van der Waals surface area contributed by atoms with Crippen LogP contribution in [0.25, 0.3) is 11.3 Å². The number of nitrogens with one attached hydrogen (secondary N) is 2. The van der Waals surface area contributed by atoms with Gasteiger partial charge in [0.2, 0.25) is 5.95 Å². The molecule has 1 aromatic carbocycles. The molecule has 6 nitrogen and oxygen atoms in total. The minimum Gasteiger partial charge on any atom is -0.393 e. The molecule has 138 valence electrons. The minimum atomic E-state index is -0.181. The zero-order valence-electron chi connectivity index (χ0n) is 15.0. The summed E-state index contributed by atoms with van der Waals surface area (Å²) in [5.41, 5.74) is 2.65. The molecule has 3 aromatic rings. The van der Waals surface area contributed by atoms with Crippen LogP contribution in [0.15, 0.2) is 60.9 Å². The number of aliphatic hydroxyl groups is 1. The molecule has 0 amide bonds. The Hall–Kier alpha value is -2.99. The number of rotatable bonds is 5. The third kappa shape index (κ3) is 4.41. The van der Waals surface area contributed by atoms with E-state index >= 15 is 0 Å². The lowest BCUT2D eigenvalue weighted by molar-refractivity contribution is 0.126. The second kappa shape index (κ2) is 8.14. The van der Waals surface area contributed by atoms with Crippen molar-refractivity contribution in [1.82, 2.24) is 15.0 Å². The SMILES string of the molecule is OC1CCC(Nc2nc(Nc3ccccc3)ncc2-c2ccccn2)CC1. The molecule has 0 unspecified atom stereocenters. The number of hydrogen-bond acceptors (Lipinski definition) is 6. The van der Waals surface area contributed by atoms with Crippen molar-refractivity contribution in [2.24, 2.45) is 0 Å². The minimum absolute atomic E-state index is 0.181. The zero-order chi connectivity index (χ0) is 18.5. The maximum atomic E-state index is 9.76. The molecule has 1 aliphatic rings. The Kier molecular flexibility index (Phi) is 5.25. The van der Waals surface area contributed by atoms with Crippen LogP contribution < -0.4 is 10.6 Å². The predicted octanol–water partition coefficient (Wildman–Crippen LogP) is 4.00. The van der Waals surface area contributed by atoms with E-state index < -0.39 is 0 Å². The molecule has 0 aliphatic heterocycles. The van der Waals surface area contributed by atoms with Crippen molar-refractivity contribution in [1.29, 1.82) is 0 Å². The van der Waals surface area contributed by atoms with Gasteiger partial charge in [0.25, 0.3) is 0 Å². The number of hydrogen-bond donors (Lipinski definition) is 3. The van der Waals surface area contributed by atoms with Crippen LogP contribution in [-0.4, -0.2) is 32.2 Å². The van der Waals surface area contributed by atoms with Crippen molar-refractivity contribution in [2.75, 3.05) is 10.6 Å². The van der Waals surface area contributed by atoms with Gasteiger partial charge in [0.05, 0.1) is 17.4 Å². The van der Waals surface area contributed by atoms with Gasteiger partial charge in [-0.15, -0.1) is 0 Å². The summed E-state index contributed by atoms with van der Waals surface area (Å²) in [4.78, 5) is 13.6.